The van der Waals surface area contributed by atoms with E-state index in [1.54, 1.807) is 0 Å². The van der Waals surface area contributed by atoms with Crippen LogP contribution in [0, 0.1) is 0 Å². The van der Waals surface area contributed by atoms with Gasteiger partial charge in [-0.2, -0.15) is 0 Å². The normalized spacial score (nSPS) is 12.5. The van der Waals surface area contributed by atoms with Crippen LogP contribution in [0.25, 0.3) is 0 Å². The maximum atomic E-state index is 9.49. The average molecular weight is 216 g/mol. The highest BCUT2D eigenvalue weighted by Gasteiger charge is 2.01. The van der Waals surface area contributed by atoms with Crippen LogP contribution in [-0.4, -0.2) is 5.11 Å². The van der Waals surface area contributed by atoms with Crippen molar-refractivity contribution < 1.29 is 5.11 Å². The number of aliphatic hydroxyl groups is 1. The minimum Gasteiger partial charge on any atom is -0.508 e. The topological polar surface area (TPSA) is 20.2 Å². The molecule has 1 aromatic rings. The fourth-order valence-corrected chi connectivity index (χ4v) is 1.59. The third kappa shape index (κ3) is 3.27. The second-order valence-corrected chi connectivity index (χ2v) is 4.44. The second-order valence-electron chi connectivity index (χ2n) is 4.44. The molecule has 0 aliphatic carbocycles. The Kier molecular flexibility index (Phi) is 4.36. The molecule has 0 spiro atoms. The van der Waals surface area contributed by atoms with Gasteiger partial charge in [-0.25, -0.2) is 0 Å². The molecule has 0 aliphatic rings. The van der Waals surface area contributed by atoms with Crippen molar-refractivity contribution >= 4 is 0 Å². The maximum absolute atomic E-state index is 9.49. The first-order valence-electron chi connectivity index (χ1n) is 5.64. The minimum absolute atomic E-state index is 0.285. The first-order valence-corrected chi connectivity index (χ1v) is 5.64. The Labute approximate surface area is 98.1 Å². The standard InChI is InChI=1S/C15H20O/c1-5-15(16)12(4)10-13-6-8-14(9-7-13)11(2)3/h5-9,11,16H,1,10H2,2-4H3. The van der Waals surface area contributed by atoms with Gasteiger partial charge in [0.15, 0.2) is 0 Å². The van der Waals surface area contributed by atoms with Gasteiger partial charge in [0.1, 0.15) is 5.76 Å². The first-order chi connectivity index (χ1) is 7.54. The van der Waals surface area contributed by atoms with Crippen LogP contribution in [0.3, 0.4) is 0 Å². The molecule has 0 amide bonds. The molecule has 0 aromatic heterocycles. The molecule has 0 heterocycles. The zero-order chi connectivity index (χ0) is 12.1. The highest BCUT2D eigenvalue weighted by atomic mass is 16.3. The number of hydrogen-bond acceptors (Lipinski definition) is 1. The van der Waals surface area contributed by atoms with Crippen LogP contribution in [0.2, 0.25) is 0 Å². The summed E-state index contributed by atoms with van der Waals surface area (Å²) in [5.74, 6) is 0.847. The number of allylic oxidation sites excluding steroid dienone is 2. The Hall–Kier alpha value is -1.50. The van der Waals surface area contributed by atoms with E-state index in [9.17, 15) is 5.11 Å². The van der Waals surface area contributed by atoms with Gasteiger partial charge < -0.3 is 5.11 Å². The van der Waals surface area contributed by atoms with Crippen molar-refractivity contribution in [2.75, 3.05) is 0 Å². The van der Waals surface area contributed by atoms with E-state index in [-0.39, 0.29) is 5.76 Å². The van der Waals surface area contributed by atoms with E-state index in [4.69, 9.17) is 0 Å². The molecule has 0 bridgehead atoms. The molecule has 16 heavy (non-hydrogen) atoms. The maximum Gasteiger partial charge on any atom is 0.114 e. The summed E-state index contributed by atoms with van der Waals surface area (Å²) in [6, 6.07) is 8.54. The van der Waals surface area contributed by atoms with Crippen LogP contribution in [0.5, 0.6) is 0 Å². The molecular formula is C15H20O. The van der Waals surface area contributed by atoms with Gasteiger partial charge in [-0.3, -0.25) is 0 Å². The minimum atomic E-state index is 0.285. The molecule has 0 saturated heterocycles. The van der Waals surface area contributed by atoms with E-state index >= 15 is 0 Å². The van der Waals surface area contributed by atoms with Gasteiger partial charge in [-0.15, -0.1) is 0 Å². The van der Waals surface area contributed by atoms with Crippen molar-refractivity contribution in [3.05, 3.63) is 59.4 Å². The van der Waals surface area contributed by atoms with Gasteiger partial charge in [-0.05, 0) is 42.0 Å². The largest absolute Gasteiger partial charge is 0.508 e. The number of rotatable bonds is 4. The SMILES string of the molecule is C=CC(O)=C(C)Cc1ccc(C(C)C)cc1. The lowest BCUT2D eigenvalue weighted by Gasteiger charge is -2.07. The lowest BCUT2D eigenvalue weighted by molar-refractivity contribution is 0.424. The van der Waals surface area contributed by atoms with Gasteiger partial charge in [0.25, 0.3) is 0 Å². The van der Waals surface area contributed by atoms with Crippen LogP contribution < -0.4 is 0 Å². The average Bonchev–Trinajstić information content (AvgIpc) is 2.28. The lowest BCUT2D eigenvalue weighted by atomic mass is 9.99. The van der Waals surface area contributed by atoms with E-state index in [2.05, 4.69) is 44.7 Å². The second kappa shape index (κ2) is 5.55. The van der Waals surface area contributed by atoms with E-state index in [1.165, 1.54) is 17.2 Å². The first kappa shape index (κ1) is 12.6. The van der Waals surface area contributed by atoms with Crippen molar-refractivity contribution in [1.29, 1.82) is 0 Å². The van der Waals surface area contributed by atoms with Crippen molar-refractivity contribution in [3.63, 3.8) is 0 Å². The Morgan fingerprint density at radius 2 is 1.88 bits per heavy atom. The van der Waals surface area contributed by atoms with Gasteiger partial charge in [-0.1, -0.05) is 44.7 Å². The summed E-state index contributed by atoms with van der Waals surface area (Å²) in [5, 5.41) is 9.49. The molecule has 86 valence electrons. The van der Waals surface area contributed by atoms with Crippen LogP contribution >= 0.6 is 0 Å². The summed E-state index contributed by atoms with van der Waals surface area (Å²) in [7, 11) is 0. The van der Waals surface area contributed by atoms with Crippen LogP contribution in [-0.2, 0) is 6.42 Å². The summed E-state index contributed by atoms with van der Waals surface area (Å²) < 4.78 is 0. The van der Waals surface area contributed by atoms with E-state index in [0.29, 0.717) is 5.92 Å². The van der Waals surface area contributed by atoms with Crippen molar-refractivity contribution in [1.82, 2.24) is 0 Å². The van der Waals surface area contributed by atoms with Crippen LogP contribution in [0.15, 0.2) is 48.3 Å². The molecule has 1 rings (SSSR count). The number of aliphatic hydroxyl groups excluding tert-OH is 1. The summed E-state index contributed by atoms with van der Waals surface area (Å²) in [4.78, 5) is 0. The van der Waals surface area contributed by atoms with Gasteiger partial charge >= 0.3 is 0 Å². The van der Waals surface area contributed by atoms with Gasteiger partial charge in [0.2, 0.25) is 0 Å². The Morgan fingerprint density at radius 3 is 2.31 bits per heavy atom. The predicted octanol–water partition coefficient (Wildman–Crippen LogP) is 4.37. The Balaban J connectivity index is 2.80. The van der Waals surface area contributed by atoms with Crippen LogP contribution in [0.1, 0.15) is 37.8 Å². The molecule has 1 aromatic carbocycles. The molecule has 0 aliphatic heterocycles. The smallest absolute Gasteiger partial charge is 0.114 e. The van der Waals surface area contributed by atoms with E-state index < -0.39 is 0 Å². The van der Waals surface area contributed by atoms with Crippen molar-refractivity contribution in [2.45, 2.75) is 33.1 Å². The third-order valence-electron chi connectivity index (χ3n) is 2.75. The summed E-state index contributed by atoms with van der Waals surface area (Å²) in [6.07, 6.45) is 2.26. The highest BCUT2D eigenvalue weighted by Crippen LogP contribution is 2.17. The lowest BCUT2D eigenvalue weighted by Crippen LogP contribution is -1.92. The molecule has 0 unspecified atom stereocenters. The van der Waals surface area contributed by atoms with Gasteiger partial charge in [0, 0.05) is 0 Å². The summed E-state index contributed by atoms with van der Waals surface area (Å²) in [5.41, 5.74) is 3.51. The predicted molar refractivity (Wildman–Crippen MR) is 69.8 cm³/mol. The fourth-order valence-electron chi connectivity index (χ4n) is 1.59. The molecule has 1 N–H and O–H groups in total. The summed E-state index contributed by atoms with van der Waals surface area (Å²) >= 11 is 0. The van der Waals surface area contributed by atoms with Crippen molar-refractivity contribution in [3.8, 4) is 0 Å². The molecular weight excluding hydrogens is 196 g/mol. The summed E-state index contributed by atoms with van der Waals surface area (Å²) in [6.45, 7) is 9.85. The monoisotopic (exact) mass is 216 g/mol. The zero-order valence-electron chi connectivity index (χ0n) is 10.3. The number of benzene rings is 1. The molecule has 1 heteroatoms. The molecule has 0 fully saturated rings. The van der Waals surface area contributed by atoms with Gasteiger partial charge in [0.05, 0.1) is 0 Å². The Bertz CT molecular complexity index is 382. The van der Waals surface area contributed by atoms with E-state index in [0.717, 1.165) is 12.0 Å². The quantitative estimate of drug-likeness (QED) is 0.585. The molecule has 0 radical (unpaired) electrons. The molecule has 1 nitrogen and oxygen atoms in total. The van der Waals surface area contributed by atoms with E-state index in [1.807, 2.05) is 6.92 Å². The number of hydrogen-bond donors (Lipinski definition) is 1. The Morgan fingerprint density at radius 1 is 1.31 bits per heavy atom. The highest BCUT2D eigenvalue weighted by molar-refractivity contribution is 5.29. The molecule has 0 saturated carbocycles. The van der Waals surface area contributed by atoms with Crippen molar-refractivity contribution in [2.24, 2.45) is 0 Å². The third-order valence-corrected chi connectivity index (χ3v) is 2.75. The zero-order valence-corrected chi connectivity index (χ0v) is 10.3. The van der Waals surface area contributed by atoms with Crippen LogP contribution in [0.4, 0.5) is 0 Å². The fraction of sp³-hybridized carbons (Fsp3) is 0.333. The molecule has 0 atom stereocenters.